The molecule has 7 aromatic rings. The third-order valence-electron chi connectivity index (χ3n) is 8.96. The van der Waals surface area contributed by atoms with Crippen molar-refractivity contribution >= 4 is 67.1 Å². The maximum atomic E-state index is 13.7. The zero-order chi connectivity index (χ0) is 30.6. The van der Waals surface area contributed by atoms with Gasteiger partial charge >= 0.3 is 0 Å². The van der Waals surface area contributed by atoms with Crippen LogP contribution in [-0.2, 0) is 0 Å². The number of aliphatic hydroxyl groups excluding tert-OH is 1. The number of hydrogen-bond donors (Lipinski definition) is 1. The lowest BCUT2D eigenvalue weighted by Gasteiger charge is -2.36. The first-order valence-corrected chi connectivity index (χ1v) is 15.4. The molecule has 1 atom stereocenters. The first-order chi connectivity index (χ1) is 21.9. The Bertz CT molecular complexity index is 2520. The second-order valence-electron chi connectivity index (χ2n) is 11.6. The number of anilines is 3. The summed E-state index contributed by atoms with van der Waals surface area (Å²) >= 11 is 1.67. The number of aromatic nitrogens is 1. The van der Waals surface area contributed by atoms with Crippen LogP contribution in [-0.4, -0.2) is 14.6 Å². The van der Waals surface area contributed by atoms with Crippen molar-refractivity contribution in [3.05, 3.63) is 146 Å². The van der Waals surface area contributed by atoms with Gasteiger partial charge in [0.2, 0.25) is 0 Å². The van der Waals surface area contributed by atoms with Gasteiger partial charge in [-0.15, -0.1) is 0 Å². The summed E-state index contributed by atoms with van der Waals surface area (Å²) in [5.41, 5.74) is 6.96. The molecule has 1 unspecified atom stereocenters. The number of aliphatic hydroxyl groups is 1. The molecule has 6 aromatic carbocycles. The molecule has 0 radical (unpaired) electrons. The van der Waals surface area contributed by atoms with E-state index < -0.39 is 11.0 Å². The lowest BCUT2D eigenvalue weighted by atomic mass is 9.91. The van der Waals surface area contributed by atoms with Crippen LogP contribution in [0.25, 0.3) is 38.3 Å². The van der Waals surface area contributed by atoms with Crippen LogP contribution in [0.1, 0.15) is 22.8 Å². The van der Waals surface area contributed by atoms with Gasteiger partial charge in [-0.05, 0) is 71.8 Å². The number of fused-ring (bicyclic) bond motifs is 7. The Morgan fingerprint density at radius 2 is 1.58 bits per heavy atom. The molecule has 0 saturated heterocycles. The minimum Gasteiger partial charge on any atom is -0.383 e. The lowest BCUT2D eigenvalue weighted by Crippen LogP contribution is -2.22. The van der Waals surface area contributed by atoms with Crippen LogP contribution in [0.15, 0.2) is 124 Å². The number of hydrogen-bond acceptors (Lipinski definition) is 6. The van der Waals surface area contributed by atoms with Crippen molar-refractivity contribution in [3.63, 3.8) is 0 Å². The molecule has 0 fully saturated rings. The fraction of sp³-hybridized carbons (Fsp3) is 0.0541. The summed E-state index contributed by atoms with van der Waals surface area (Å²) in [5, 5.41) is 26.5. The predicted octanol–water partition coefficient (Wildman–Crippen LogP) is 8.84. The highest BCUT2D eigenvalue weighted by atomic mass is 32.2. The Balaban J connectivity index is 1.36. The zero-order valence-corrected chi connectivity index (χ0v) is 24.7. The van der Waals surface area contributed by atoms with E-state index in [-0.39, 0.29) is 16.5 Å². The lowest BCUT2D eigenvalue weighted by molar-refractivity contribution is -0.384. The molecule has 0 aliphatic carbocycles. The second-order valence-corrected chi connectivity index (χ2v) is 12.7. The summed E-state index contributed by atoms with van der Waals surface area (Å²) in [6, 6.07) is 35.1. The SMILES string of the molecule is Cc1ccc2c(c1)N(c1ccc3ccccc3c1)c1cc3c(cc1S2)-n1c2ccc([N+](=O)[O-])cc2c(=O)c2cccc(c21)C3O. The third-order valence-corrected chi connectivity index (χ3v) is 10.1. The largest absolute Gasteiger partial charge is 0.383 e. The molecule has 3 heterocycles. The molecule has 2 aliphatic rings. The van der Waals surface area contributed by atoms with E-state index >= 15 is 0 Å². The van der Waals surface area contributed by atoms with Gasteiger partial charge in [0, 0.05) is 44.1 Å². The van der Waals surface area contributed by atoms with Crippen molar-refractivity contribution in [2.75, 3.05) is 4.90 Å². The smallest absolute Gasteiger partial charge is 0.270 e. The zero-order valence-electron chi connectivity index (χ0n) is 23.9. The van der Waals surface area contributed by atoms with E-state index in [1.54, 1.807) is 30.0 Å². The summed E-state index contributed by atoms with van der Waals surface area (Å²) in [6.45, 7) is 2.09. The number of nitrogens with zero attached hydrogens (tertiary/aromatic N) is 3. The summed E-state index contributed by atoms with van der Waals surface area (Å²) in [7, 11) is 0. The number of pyridine rings is 1. The molecule has 0 amide bonds. The van der Waals surface area contributed by atoms with E-state index in [2.05, 4.69) is 72.5 Å². The minimum atomic E-state index is -0.980. The minimum absolute atomic E-state index is 0.141. The standard InChI is InChI=1S/C37H23N3O4S/c1-20-9-14-33-31(15-20)38(23-11-10-21-5-2-3-6-22(21)16-23)32-18-28-30(19-34(32)45-33)39-29-13-12-24(40(43)44)17-27(29)36(41)25-7-4-8-26(35(25)39)37(28)42/h2-19,37,42H,1H3. The molecule has 8 heteroatoms. The van der Waals surface area contributed by atoms with Gasteiger partial charge in [0.1, 0.15) is 6.10 Å². The molecule has 2 aliphatic heterocycles. The number of benzene rings is 6. The Kier molecular flexibility index (Phi) is 5.36. The molecule has 7 nitrogen and oxygen atoms in total. The molecular weight excluding hydrogens is 582 g/mol. The van der Waals surface area contributed by atoms with Crippen LogP contribution in [0.2, 0.25) is 0 Å². The predicted molar refractivity (Wildman–Crippen MR) is 179 cm³/mol. The van der Waals surface area contributed by atoms with Crippen molar-refractivity contribution in [1.29, 1.82) is 0 Å². The van der Waals surface area contributed by atoms with E-state index in [1.165, 1.54) is 12.1 Å². The van der Waals surface area contributed by atoms with E-state index in [9.17, 15) is 20.0 Å². The topological polar surface area (TPSA) is 88.6 Å². The van der Waals surface area contributed by atoms with E-state index in [4.69, 9.17) is 0 Å². The molecule has 216 valence electrons. The van der Waals surface area contributed by atoms with Crippen LogP contribution in [0.4, 0.5) is 22.7 Å². The van der Waals surface area contributed by atoms with Gasteiger partial charge in [0.15, 0.2) is 5.43 Å². The van der Waals surface area contributed by atoms with Gasteiger partial charge in [0.25, 0.3) is 5.69 Å². The summed E-state index contributed by atoms with van der Waals surface area (Å²) < 4.78 is 1.99. The van der Waals surface area contributed by atoms with Crippen LogP contribution < -0.4 is 10.3 Å². The van der Waals surface area contributed by atoms with E-state index in [0.717, 1.165) is 48.9 Å². The van der Waals surface area contributed by atoms with Crippen molar-refractivity contribution in [1.82, 2.24) is 4.57 Å². The molecular formula is C37H23N3O4S. The number of rotatable bonds is 2. The Labute approximate surface area is 260 Å². The number of nitro groups is 1. The van der Waals surface area contributed by atoms with Crippen molar-refractivity contribution in [2.45, 2.75) is 22.8 Å². The van der Waals surface area contributed by atoms with Crippen molar-refractivity contribution in [2.24, 2.45) is 0 Å². The van der Waals surface area contributed by atoms with E-state index in [1.807, 2.05) is 22.8 Å². The Morgan fingerprint density at radius 3 is 2.42 bits per heavy atom. The van der Waals surface area contributed by atoms with Gasteiger partial charge in [-0.1, -0.05) is 60.3 Å². The number of nitro benzene ring substituents is 1. The van der Waals surface area contributed by atoms with Crippen LogP contribution in [0.3, 0.4) is 0 Å². The highest BCUT2D eigenvalue weighted by Crippen LogP contribution is 2.54. The number of non-ortho nitro benzene ring substituents is 1. The maximum absolute atomic E-state index is 13.7. The highest BCUT2D eigenvalue weighted by Gasteiger charge is 2.33. The third kappa shape index (κ3) is 3.67. The molecule has 0 saturated carbocycles. The van der Waals surface area contributed by atoms with Crippen LogP contribution in [0, 0.1) is 17.0 Å². The monoisotopic (exact) mass is 605 g/mol. The average molecular weight is 606 g/mol. The average Bonchev–Trinajstić information content (AvgIpc) is 3.06. The van der Waals surface area contributed by atoms with Gasteiger partial charge in [-0.25, -0.2) is 0 Å². The first-order valence-electron chi connectivity index (χ1n) is 14.6. The molecule has 0 spiro atoms. The summed E-state index contributed by atoms with van der Waals surface area (Å²) in [6.07, 6.45) is -0.980. The second kappa shape index (κ2) is 9.28. The van der Waals surface area contributed by atoms with Gasteiger partial charge in [-0.2, -0.15) is 0 Å². The van der Waals surface area contributed by atoms with Crippen LogP contribution >= 0.6 is 11.8 Å². The summed E-state index contributed by atoms with van der Waals surface area (Å²) in [5.74, 6) is 0. The van der Waals surface area contributed by atoms with Crippen molar-refractivity contribution < 1.29 is 10.0 Å². The van der Waals surface area contributed by atoms with Crippen molar-refractivity contribution in [3.8, 4) is 5.69 Å². The molecule has 45 heavy (non-hydrogen) atoms. The fourth-order valence-electron chi connectivity index (χ4n) is 6.89. The maximum Gasteiger partial charge on any atom is 0.270 e. The van der Waals surface area contributed by atoms with Crippen LogP contribution in [0.5, 0.6) is 0 Å². The first kappa shape index (κ1) is 26.0. The normalized spacial score (nSPS) is 14.8. The van der Waals surface area contributed by atoms with Gasteiger partial charge in [0.05, 0.1) is 38.4 Å². The molecule has 1 N–H and O–H groups in total. The van der Waals surface area contributed by atoms with E-state index in [0.29, 0.717) is 27.5 Å². The van der Waals surface area contributed by atoms with Gasteiger partial charge in [-0.3, -0.25) is 14.9 Å². The molecule has 9 rings (SSSR count). The fourth-order valence-corrected chi connectivity index (χ4v) is 7.94. The molecule has 1 aromatic heterocycles. The Hall–Kier alpha value is -5.44. The summed E-state index contributed by atoms with van der Waals surface area (Å²) in [4.78, 5) is 29.2. The van der Waals surface area contributed by atoms with Gasteiger partial charge < -0.3 is 14.6 Å². The molecule has 0 bridgehead atoms. The quantitative estimate of drug-likeness (QED) is 0.120. The Morgan fingerprint density at radius 1 is 0.756 bits per heavy atom. The number of aryl methyl sites for hydroxylation is 1. The number of para-hydroxylation sites is 1. The highest BCUT2D eigenvalue weighted by molar-refractivity contribution is 7.99.